The molecule has 0 unspecified atom stereocenters. The number of benzene rings is 1. The first-order valence-electron chi connectivity index (χ1n) is 7.63. The topological polar surface area (TPSA) is 51.1 Å². The monoisotopic (exact) mass is 284 g/mol. The summed E-state index contributed by atoms with van der Waals surface area (Å²) >= 11 is 0. The lowest BCUT2D eigenvalue weighted by Gasteiger charge is -2.14. The van der Waals surface area contributed by atoms with Gasteiger partial charge in [-0.15, -0.1) is 0 Å². The van der Waals surface area contributed by atoms with Gasteiger partial charge >= 0.3 is 0 Å². The number of carbonyl (C=O) groups excluding carboxylic acids is 1. The smallest absolute Gasteiger partial charge is 0.256 e. The number of fused-ring (bicyclic) bond motifs is 1. The maximum Gasteiger partial charge on any atom is 0.256 e. The minimum atomic E-state index is -0.236. The molecule has 1 fully saturated rings. The first-order chi connectivity index (χ1) is 10.2. The second-order valence-electron chi connectivity index (χ2n) is 5.63. The third-order valence-corrected chi connectivity index (χ3v) is 4.26. The summed E-state index contributed by atoms with van der Waals surface area (Å²) in [6.07, 6.45) is 6.03. The molecule has 4 heteroatoms. The van der Waals surface area contributed by atoms with Gasteiger partial charge in [-0.2, -0.15) is 0 Å². The van der Waals surface area contributed by atoms with Gasteiger partial charge in [0, 0.05) is 24.2 Å². The van der Waals surface area contributed by atoms with E-state index in [0.29, 0.717) is 5.39 Å². The number of hydrogen-bond acceptors (Lipinski definition) is 2. The van der Waals surface area contributed by atoms with Crippen molar-refractivity contribution in [2.45, 2.75) is 45.2 Å². The number of hydrogen-bond donors (Lipinski definition) is 1. The fourth-order valence-electron chi connectivity index (χ4n) is 3.10. The minimum absolute atomic E-state index is 0.175. The number of aryl methyl sites for hydroxylation is 1. The standard InChI is InChI=1S/C17H20N2O2/c1-2-19-11-14(17(21)18-12-7-3-4-8-12)16(20)13-9-5-6-10-15(13)19/h5-6,9-12H,2-4,7-8H2,1H3,(H,18,21). The number of nitrogens with one attached hydrogen (secondary N) is 1. The van der Waals surface area contributed by atoms with Crippen LogP contribution < -0.4 is 10.7 Å². The van der Waals surface area contributed by atoms with Gasteiger partial charge in [0.1, 0.15) is 5.56 Å². The summed E-state index contributed by atoms with van der Waals surface area (Å²) in [6.45, 7) is 2.74. The fraction of sp³-hybridized carbons (Fsp3) is 0.412. The molecular weight excluding hydrogens is 264 g/mol. The summed E-state index contributed by atoms with van der Waals surface area (Å²) in [5.41, 5.74) is 0.954. The molecule has 21 heavy (non-hydrogen) atoms. The minimum Gasteiger partial charge on any atom is -0.349 e. The van der Waals surface area contributed by atoms with Crippen molar-refractivity contribution >= 4 is 16.8 Å². The Balaban J connectivity index is 2.03. The zero-order valence-electron chi connectivity index (χ0n) is 12.3. The quantitative estimate of drug-likeness (QED) is 0.942. The Bertz CT molecular complexity index is 727. The van der Waals surface area contributed by atoms with Gasteiger partial charge in [-0.1, -0.05) is 25.0 Å². The van der Waals surface area contributed by atoms with E-state index >= 15 is 0 Å². The molecule has 0 spiro atoms. The number of nitrogens with zero attached hydrogens (tertiary/aromatic N) is 1. The Hall–Kier alpha value is -2.10. The van der Waals surface area contributed by atoms with Crippen LogP contribution in [0.15, 0.2) is 35.3 Å². The van der Waals surface area contributed by atoms with Crippen LogP contribution in [0.2, 0.25) is 0 Å². The van der Waals surface area contributed by atoms with Crippen LogP contribution in [0.25, 0.3) is 10.9 Å². The van der Waals surface area contributed by atoms with Gasteiger partial charge in [-0.3, -0.25) is 9.59 Å². The Kier molecular flexibility index (Phi) is 3.78. The highest BCUT2D eigenvalue weighted by atomic mass is 16.2. The lowest BCUT2D eigenvalue weighted by atomic mass is 10.1. The molecule has 4 nitrogen and oxygen atoms in total. The van der Waals surface area contributed by atoms with E-state index in [1.165, 1.54) is 0 Å². The number of aromatic nitrogens is 1. The van der Waals surface area contributed by atoms with Gasteiger partial charge in [-0.05, 0) is 31.9 Å². The predicted molar refractivity (Wildman–Crippen MR) is 83.6 cm³/mol. The molecule has 1 aromatic carbocycles. The Morgan fingerprint density at radius 2 is 2.00 bits per heavy atom. The van der Waals surface area contributed by atoms with Crippen LogP contribution in [-0.4, -0.2) is 16.5 Å². The summed E-state index contributed by atoms with van der Waals surface area (Å²) in [7, 11) is 0. The highest BCUT2D eigenvalue weighted by Crippen LogP contribution is 2.18. The van der Waals surface area contributed by atoms with Crippen molar-refractivity contribution in [3.8, 4) is 0 Å². The number of pyridine rings is 1. The van der Waals surface area contributed by atoms with Gasteiger partial charge in [0.05, 0.1) is 5.52 Å². The largest absolute Gasteiger partial charge is 0.349 e. The van der Waals surface area contributed by atoms with Gasteiger partial charge in [-0.25, -0.2) is 0 Å². The maximum atomic E-state index is 12.5. The molecule has 0 aliphatic heterocycles. The van der Waals surface area contributed by atoms with E-state index in [-0.39, 0.29) is 22.9 Å². The molecule has 1 aromatic heterocycles. The molecule has 2 aromatic rings. The zero-order chi connectivity index (χ0) is 14.8. The second-order valence-corrected chi connectivity index (χ2v) is 5.63. The van der Waals surface area contributed by atoms with Gasteiger partial charge in [0.15, 0.2) is 0 Å². The predicted octanol–water partition coefficient (Wildman–Crippen LogP) is 2.69. The fourth-order valence-corrected chi connectivity index (χ4v) is 3.10. The molecule has 1 amide bonds. The number of amides is 1. The second kappa shape index (κ2) is 5.72. The van der Waals surface area contributed by atoms with Crippen molar-refractivity contribution in [2.24, 2.45) is 0 Å². The molecule has 1 heterocycles. The Morgan fingerprint density at radius 1 is 1.29 bits per heavy atom. The Labute approximate surface area is 123 Å². The molecule has 1 saturated carbocycles. The summed E-state index contributed by atoms with van der Waals surface area (Å²) in [6, 6.07) is 7.67. The van der Waals surface area contributed by atoms with E-state index in [9.17, 15) is 9.59 Å². The van der Waals surface area contributed by atoms with Crippen LogP contribution in [0.5, 0.6) is 0 Å². The summed E-state index contributed by atoms with van der Waals surface area (Å²) < 4.78 is 1.96. The van der Waals surface area contributed by atoms with Crippen LogP contribution in [-0.2, 0) is 6.54 Å². The van der Waals surface area contributed by atoms with Crippen LogP contribution in [0.4, 0.5) is 0 Å². The third kappa shape index (κ3) is 2.58. The molecule has 0 atom stereocenters. The molecule has 1 N–H and O–H groups in total. The maximum absolute atomic E-state index is 12.5. The highest BCUT2D eigenvalue weighted by molar-refractivity contribution is 5.97. The lowest BCUT2D eigenvalue weighted by molar-refractivity contribution is 0.0936. The van der Waals surface area contributed by atoms with Gasteiger partial charge in [0.2, 0.25) is 5.43 Å². The molecule has 110 valence electrons. The van der Waals surface area contributed by atoms with E-state index in [0.717, 1.165) is 37.7 Å². The molecular formula is C17H20N2O2. The van der Waals surface area contributed by atoms with E-state index in [1.54, 1.807) is 12.3 Å². The molecule has 1 aliphatic carbocycles. The Morgan fingerprint density at radius 3 is 2.71 bits per heavy atom. The zero-order valence-corrected chi connectivity index (χ0v) is 12.3. The van der Waals surface area contributed by atoms with E-state index in [1.807, 2.05) is 29.7 Å². The summed E-state index contributed by atoms with van der Waals surface area (Å²) in [5, 5.41) is 3.61. The lowest BCUT2D eigenvalue weighted by Crippen LogP contribution is -2.36. The number of para-hydroxylation sites is 1. The molecule has 0 saturated heterocycles. The third-order valence-electron chi connectivity index (χ3n) is 4.26. The van der Waals surface area contributed by atoms with E-state index in [2.05, 4.69) is 5.32 Å². The molecule has 0 radical (unpaired) electrons. The SMILES string of the molecule is CCn1cc(C(=O)NC2CCCC2)c(=O)c2ccccc21. The molecule has 1 aliphatic rings. The molecule has 3 rings (SSSR count). The van der Waals surface area contributed by atoms with Crippen molar-refractivity contribution in [3.63, 3.8) is 0 Å². The number of rotatable bonds is 3. The van der Waals surface area contributed by atoms with Crippen molar-refractivity contribution < 1.29 is 4.79 Å². The van der Waals surface area contributed by atoms with Crippen LogP contribution >= 0.6 is 0 Å². The van der Waals surface area contributed by atoms with Crippen LogP contribution in [0.1, 0.15) is 43.0 Å². The molecule has 0 bridgehead atoms. The van der Waals surface area contributed by atoms with Gasteiger partial charge in [0.25, 0.3) is 5.91 Å². The summed E-state index contributed by atoms with van der Waals surface area (Å²) in [5.74, 6) is -0.236. The normalized spacial score (nSPS) is 15.5. The van der Waals surface area contributed by atoms with Crippen LogP contribution in [0.3, 0.4) is 0 Å². The first kappa shape index (κ1) is 13.9. The van der Waals surface area contributed by atoms with Crippen molar-refractivity contribution in [3.05, 3.63) is 46.2 Å². The van der Waals surface area contributed by atoms with Crippen molar-refractivity contribution in [1.82, 2.24) is 9.88 Å². The van der Waals surface area contributed by atoms with Crippen molar-refractivity contribution in [1.29, 1.82) is 0 Å². The van der Waals surface area contributed by atoms with E-state index < -0.39 is 0 Å². The van der Waals surface area contributed by atoms with Crippen molar-refractivity contribution in [2.75, 3.05) is 0 Å². The van der Waals surface area contributed by atoms with Crippen LogP contribution in [0, 0.1) is 0 Å². The first-order valence-corrected chi connectivity index (χ1v) is 7.63. The highest BCUT2D eigenvalue weighted by Gasteiger charge is 2.20. The van der Waals surface area contributed by atoms with E-state index in [4.69, 9.17) is 0 Å². The summed E-state index contributed by atoms with van der Waals surface area (Å²) in [4.78, 5) is 24.9. The number of carbonyl (C=O) groups is 1. The average molecular weight is 284 g/mol. The van der Waals surface area contributed by atoms with Gasteiger partial charge < -0.3 is 9.88 Å². The average Bonchev–Trinajstić information content (AvgIpc) is 3.01.